The molecule has 0 fully saturated rings. The largest absolute Gasteiger partial charge is 0.480 e. The maximum absolute atomic E-state index is 14.8. The van der Waals surface area contributed by atoms with Gasteiger partial charge in [0.05, 0.1) is 50.9 Å². The molecule has 2 aromatic heterocycles. The number of imidazole rings is 2. The highest BCUT2D eigenvalue weighted by atomic mass is 16.4. The number of aromatic amines is 2. The molecule has 45 N–H and O–H groups in total. The Morgan fingerprint density at radius 3 is 0.992 bits per heavy atom. The van der Waals surface area contributed by atoms with Gasteiger partial charge in [0.1, 0.15) is 90.6 Å². The highest BCUT2D eigenvalue weighted by molar-refractivity contribution is 6.02. The van der Waals surface area contributed by atoms with Gasteiger partial charge in [0.25, 0.3) is 0 Å². The van der Waals surface area contributed by atoms with Crippen LogP contribution in [-0.4, -0.2) is 319 Å². The third-order valence-corrected chi connectivity index (χ3v) is 18.9. The standard InChI is InChI=1S/C73H128N34O22/c1-33(2)22-44(61(120)98-42(15-10-20-90-72(82)83)59(118)107-54(36(5)111)68(127)99-43(69(128)129)16-11-21-91-73(84)85)100-58(117)41(14-9-19-89-71(80)81)96-56(115)40(13-8-18-88-70(78)79)97-64(123)48(26-52(76)113)103-62(121)45(23-37-27-86-31-92-37)102-65(124)49(29-108)106-66(125)50(30-109)105-63(122)46(24-38-28-87-32-93-38)101-57(116)39(12-6-7-17-74)95-55(114)34(3)94-60(119)47(25-51(75)112)104-67(126)53(77)35(4)110/h27-28,31-36,39-50,53-54,108-111H,6-26,29-30,74,77H2,1-5H3,(H2,75,112)(H2,76,113)(H,86,92)(H,87,93)(H,94,119)(H,95,114)(H,96,115)(H,97,123)(H,98,120)(H,99,127)(H,100,117)(H,101,116)(H,102,124)(H,103,121)(H,104,126)(H,105,122)(H,106,125)(H,107,118)(H,128,129)(H4,78,79,88)(H4,80,81,89)(H4,82,83,90)(H4,84,85,91)/t34-,35+,36+,39-,40-,41-,42-,43-,44-,45-,46-,47-,48-,49-,50-,53-,54-/m0/s1. The van der Waals surface area contributed by atoms with Crippen LogP contribution in [0.1, 0.15) is 136 Å². The Morgan fingerprint density at radius 1 is 0.364 bits per heavy atom. The molecule has 0 aliphatic carbocycles. The fraction of sp³-hybridized carbons (Fsp3) is 0.630. The van der Waals surface area contributed by atoms with Crippen molar-refractivity contribution in [1.82, 2.24) is 116 Å². The van der Waals surface area contributed by atoms with E-state index < -0.39 is 272 Å². The Balaban J connectivity index is 2.59. The summed E-state index contributed by atoms with van der Waals surface area (Å²) in [4.78, 5) is 248. The fourth-order valence-corrected chi connectivity index (χ4v) is 12.0. The van der Waals surface area contributed by atoms with Gasteiger partial charge in [-0.05, 0) is 110 Å². The van der Waals surface area contributed by atoms with E-state index in [9.17, 15) is 107 Å². The first kappa shape index (κ1) is 111. The lowest BCUT2D eigenvalue weighted by Gasteiger charge is -2.29. The van der Waals surface area contributed by atoms with Crippen molar-refractivity contribution in [3.63, 3.8) is 0 Å². The molecule has 17 atom stereocenters. The van der Waals surface area contributed by atoms with Crippen molar-refractivity contribution in [3.8, 4) is 0 Å². The Kier molecular flexibility index (Phi) is 50.5. The Labute approximate surface area is 740 Å². The summed E-state index contributed by atoms with van der Waals surface area (Å²) in [6, 6.07) is -25.9. The molecule has 722 valence electrons. The summed E-state index contributed by atoms with van der Waals surface area (Å²) in [5.41, 5.74) is 44.5. The molecule has 0 aliphatic heterocycles. The van der Waals surface area contributed by atoms with Gasteiger partial charge in [-0.3, -0.25) is 98.3 Å². The lowest BCUT2D eigenvalue weighted by Crippen LogP contribution is -2.62. The van der Waals surface area contributed by atoms with Crippen LogP contribution in [0.5, 0.6) is 0 Å². The van der Waals surface area contributed by atoms with Gasteiger partial charge < -0.3 is 177 Å². The Hall–Kier alpha value is -13.7. The van der Waals surface area contributed by atoms with Gasteiger partial charge in [0.2, 0.25) is 94.5 Å². The number of nitrogens with zero attached hydrogens (tertiary/aromatic N) is 2. The first-order valence-electron chi connectivity index (χ1n) is 41.1. The van der Waals surface area contributed by atoms with E-state index in [-0.39, 0.29) is 115 Å². The van der Waals surface area contributed by atoms with Crippen molar-refractivity contribution in [3.05, 3.63) is 36.4 Å². The second kappa shape index (κ2) is 58.5. The zero-order valence-electron chi connectivity index (χ0n) is 72.2. The topological polar surface area (TPSA) is 969 Å². The number of carbonyl (C=O) groups is 17. The number of aliphatic carboxylic acids is 1. The zero-order chi connectivity index (χ0) is 97.3. The summed E-state index contributed by atoms with van der Waals surface area (Å²) in [5, 5.41) is 125. The summed E-state index contributed by atoms with van der Waals surface area (Å²) in [6.45, 7) is 4.25. The van der Waals surface area contributed by atoms with Crippen molar-refractivity contribution < 1.29 is 107 Å². The van der Waals surface area contributed by atoms with Crippen molar-refractivity contribution in [2.75, 3.05) is 45.9 Å². The number of guanidine groups is 4. The molecule has 2 rings (SSSR count). The van der Waals surface area contributed by atoms with Crippen LogP contribution in [0.4, 0.5) is 0 Å². The Morgan fingerprint density at radius 2 is 0.659 bits per heavy atom. The van der Waals surface area contributed by atoms with Crippen LogP contribution in [0.2, 0.25) is 0 Å². The number of aromatic nitrogens is 4. The monoisotopic (exact) mass is 1830 g/mol. The van der Waals surface area contributed by atoms with E-state index in [1.165, 1.54) is 38.9 Å². The molecule has 56 heteroatoms. The number of hydrogen-bond acceptors (Lipinski definition) is 29. The van der Waals surface area contributed by atoms with E-state index in [1.807, 2.05) is 0 Å². The molecule has 0 saturated heterocycles. The average Bonchev–Trinajstić information content (AvgIpc) is 1.72. The normalized spacial score (nSPS) is 15.0. The van der Waals surface area contributed by atoms with Crippen LogP contribution >= 0.6 is 0 Å². The molecule has 0 spiro atoms. The Bertz CT molecular complexity index is 4080. The zero-order valence-corrected chi connectivity index (χ0v) is 72.2. The lowest BCUT2D eigenvalue weighted by atomic mass is 10.0. The average molecular weight is 1830 g/mol. The molecule has 0 unspecified atom stereocenters. The summed E-state index contributed by atoms with van der Waals surface area (Å²) in [6.07, 6.45) is -1.95. The van der Waals surface area contributed by atoms with Gasteiger partial charge in [-0.15, -0.1) is 0 Å². The van der Waals surface area contributed by atoms with Crippen molar-refractivity contribution >= 4 is 124 Å². The molecule has 0 aromatic carbocycles. The van der Waals surface area contributed by atoms with Gasteiger partial charge in [0, 0.05) is 62.8 Å². The number of nitrogens with one attached hydrogen (secondary N) is 24. The molecule has 0 aliphatic rings. The number of carboxylic acids is 1. The third kappa shape index (κ3) is 43.8. The van der Waals surface area contributed by atoms with Crippen LogP contribution in [0, 0.1) is 27.6 Å². The number of nitrogens with two attached hydrogens (primary N) is 8. The second-order valence-corrected chi connectivity index (χ2v) is 30.4. The minimum absolute atomic E-state index is 0.0000105. The number of amides is 16. The SMILES string of the molecule is CC(C)C[C@H](NC(=O)[C@H](CCCNC(=N)N)NC(=O)[C@H](CCCNC(=N)N)NC(=O)[C@H](CC(N)=O)NC(=O)[C@H](Cc1cnc[nH]1)NC(=O)[C@H](CO)NC(=O)[C@H](CO)NC(=O)[C@H](Cc1cnc[nH]1)NC(=O)[C@H](CCCCN)NC(=O)[C@H](C)NC(=O)[C@H](CC(N)=O)NC(=O)[C@@H](N)[C@@H](C)O)C(=O)N[C@@H](CCCNC(=N)N)C(=O)N[C@H](C(=O)N[C@@H](CCCNC(=N)N)C(=O)O)[C@@H](C)O. The second-order valence-electron chi connectivity index (χ2n) is 30.4. The van der Waals surface area contributed by atoms with Gasteiger partial charge in [0.15, 0.2) is 23.8 Å². The number of carboxylic acid groups (broad SMARTS) is 1. The van der Waals surface area contributed by atoms with Gasteiger partial charge in [-0.1, -0.05) is 13.8 Å². The minimum Gasteiger partial charge on any atom is -0.480 e. The lowest BCUT2D eigenvalue weighted by molar-refractivity contribution is -0.143. The molecule has 16 amide bonds. The maximum Gasteiger partial charge on any atom is 0.326 e. The summed E-state index contributed by atoms with van der Waals surface area (Å²) < 4.78 is 0. The first-order valence-corrected chi connectivity index (χ1v) is 41.1. The van der Waals surface area contributed by atoms with Gasteiger partial charge in [-0.2, -0.15) is 0 Å². The van der Waals surface area contributed by atoms with Gasteiger partial charge in [-0.25, -0.2) is 14.8 Å². The van der Waals surface area contributed by atoms with Crippen LogP contribution in [-0.2, 0) is 94.3 Å². The maximum atomic E-state index is 14.8. The van der Waals surface area contributed by atoms with Crippen LogP contribution in [0.15, 0.2) is 25.0 Å². The minimum atomic E-state index is -2.06. The van der Waals surface area contributed by atoms with Crippen LogP contribution in [0.25, 0.3) is 0 Å². The number of primary amides is 2. The molecular formula is C73H128N34O22. The predicted molar refractivity (Wildman–Crippen MR) is 457 cm³/mol. The first-order chi connectivity index (χ1) is 60.7. The third-order valence-electron chi connectivity index (χ3n) is 18.9. The van der Waals surface area contributed by atoms with Crippen molar-refractivity contribution in [2.24, 2.45) is 51.8 Å². The molecule has 129 heavy (non-hydrogen) atoms. The van der Waals surface area contributed by atoms with E-state index in [0.29, 0.717) is 6.42 Å². The molecule has 0 bridgehead atoms. The van der Waals surface area contributed by atoms with E-state index in [1.54, 1.807) is 13.8 Å². The smallest absolute Gasteiger partial charge is 0.326 e. The number of aliphatic hydroxyl groups is 4. The van der Waals surface area contributed by atoms with Gasteiger partial charge >= 0.3 is 5.97 Å². The molecule has 2 aromatic rings. The number of carbonyl (C=O) groups excluding carboxylic acids is 16. The number of aliphatic hydroxyl groups excluding tert-OH is 4. The highest BCUT2D eigenvalue weighted by Gasteiger charge is 2.40. The van der Waals surface area contributed by atoms with E-state index >= 15 is 0 Å². The summed E-state index contributed by atoms with van der Waals surface area (Å²) >= 11 is 0. The molecule has 0 radical (unpaired) electrons. The quantitative estimate of drug-likeness (QED) is 0.0166. The fourth-order valence-electron chi connectivity index (χ4n) is 12.0. The van der Waals surface area contributed by atoms with E-state index in [2.05, 4.69) is 116 Å². The molecule has 0 saturated carbocycles. The summed E-state index contributed by atoms with van der Waals surface area (Å²) in [5.74, 6) is -22.2. The number of unbranched alkanes of at least 4 members (excludes halogenated alkanes) is 1. The van der Waals surface area contributed by atoms with E-state index in [4.69, 9.17) is 67.5 Å². The predicted octanol–water partition coefficient (Wildman–Crippen LogP) is -15.1. The molecular weight excluding hydrogens is 1710 g/mol. The van der Waals surface area contributed by atoms with Crippen molar-refractivity contribution in [2.45, 2.75) is 240 Å². The van der Waals surface area contributed by atoms with Crippen LogP contribution in [0.3, 0.4) is 0 Å². The number of rotatable bonds is 63. The number of hydrogen-bond donors (Lipinski definition) is 37. The van der Waals surface area contributed by atoms with E-state index in [0.717, 1.165) is 6.92 Å². The van der Waals surface area contributed by atoms with Crippen LogP contribution < -0.4 is 142 Å². The molecule has 56 nitrogen and oxygen atoms in total. The molecule has 2 heterocycles. The van der Waals surface area contributed by atoms with Crippen molar-refractivity contribution in [1.29, 1.82) is 21.6 Å². The summed E-state index contributed by atoms with van der Waals surface area (Å²) in [7, 11) is 0. The number of H-pyrrole nitrogens is 2. The highest BCUT2D eigenvalue weighted by Crippen LogP contribution is 2.14.